The fraction of sp³-hybridized carbons (Fsp3) is 0.143. The molecule has 0 amide bonds. The Morgan fingerprint density at radius 1 is 1.38 bits per heavy atom. The van der Waals surface area contributed by atoms with Crippen LogP contribution < -0.4 is 0 Å². The van der Waals surface area contributed by atoms with Crippen molar-refractivity contribution in [3.05, 3.63) is 35.8 Å². The molecule has 8 heavy (non-hydrogen) atoms. The zero-order valence-electron chi connectivity index (χ0n) is 4.42. The number of ether oxygens (including phenoxy) is 1. The SMILES string of the molecule is C1=CCC2=C(C=C1)O2. The predicted molar refractivity (Wildman–Crippen MR) is 31.0 cm³/mol. The van der Waals surface area contributed by atoms with E-state index in [0.29, 0.717) is 0 Å². The molecule has 0 aromatic rings. The predicted octanol–water partition coefficient (Wildman–Crippen LogP) is 1.74. The molecule has 1 heterocycles. The summed E-state index contributed by atoms with van der Waals surface area (Å²) in [5.74, 6) is 2.20. The monoisotopic (exact) mass is 106 g/mol. The van der Waals surface area contributed by atoms with Gasteiger partial charge in [0.1, 0.15) is 0 Å². The van der Waals surface area contributed by atoms with E-state index >= 15 is 0 Å². The van der Waals surface area contributed by atoms with E-state index < -0.39 is 0 Å². The number of hydrogen-bond acceptors (Lipinski definition) is 1. The molecule has 40 valence electrons. The van der Waals surface area contributed by atoms with Gasteiger partial charge in [0.25, 0.3) is 0 Å². The van der Waals surface area contributed by atoms with Crippen LogP contribution in [0.5, 0.6) is 0 Å². The van der Waals surface area contributed by atoms with Crippen molar-refractivity contribution in [3.8, 4) is 0 Å². The third-order valence-electron chi connectivity index (χ3n) is 1.26. The van der Waals surface area contributed by atoms with E-state index in [4.69, 9.17) is 4.74 Å². The normalized spacial score (nSPS) is 22.0. The highest BCUT2D eigenvalue weighted by Crippen LogP contribution is 2.31. The smallest absolute Gasteiger partial charge is 0.165 e. The van der Waals surface area contributed by atoms with Gasteiger partial charge in [0.05, 0.1) is 0 Å². The van der Waals surface area contributed by atoms with Gasteiger partial charge in [-0.2, -0.15) is 0 Å². The van der Waals surface area contributed by atoms with Crippen LogP contribution in [0.2, 0.25) is 0 Å². The first kappa shape index (κ1) is 3.96. The van der Waals surface area contributed by atoms with Gasteiger partial charge in [-0.1, -0.05) is 18.2 Å². The number of hydrogen-bond donors (Lipinski definition) is 0. The van der Waals surface area contributed by atoms with Crippen molar-refractivity contribution in [1.82, 2.24) is 0 Å². The van der Waals surface area contributed by atoms with Gasteiger partial charge in [0.2, 0.25) is 0 Å². The lowest BCUT2D eigenvalue weighted by molar-refractivity contribution is 0.472. The van der Waals surface area contributed by atoms with Crippen LogP contribution in [0.4, 0.5) is 0 Å². The molecule has 0 atom stereocenters. The van der Waals surface area contributed by atoms with Gasteiger partial charge in [-0.05, 0) is 6.08 Å². The zero-order chi connectivity index (χ0) is 5.40. The molecule has 1 nitrogen and oxygen atoms in total. The Bertz CT molecular complexity index is 196. The third kappa shape index (κ3) is 0.479. The van der Waals surface area contributed by atoms with Crippen LogP contribution in [0.3, 0.4) is 0 Å². The maximum absolute atomic E-state index is 5.05. The van der Waals surface area contributed by atoms with Gasteiger partial charge >= 0.3 is 0 Å². The highest BCUT2D eigenvalue weighted by atomic mass is 16.6. The molecule has 0 bridgehead atoms. The van der Waals surface area contributed by atoms with Crippen LogP contribution in [0, 0.1) is 0 Å². The second kappa shape index (κ2) is 1.25. The zero-order valence-corrected chi connectivity index (χ0v) is 4.42. The molecule has 1 heteroatoms. The summed E-state index contributed by atoms with van der Waals surface area (Å²) in [4.78, 5) is 0. The third-order valence-corrected chi connectivity index (χ3v) is 1.26. The van der Waals surface area contributed by atoms with Crippen molar-refractivity contribution in [3.63, 3.8) is 0 Å². The minimum Gasteiger partial charge on any atom is -0.454 e. The Morgan fingerprint density at radius 3 is 3.38 bits per heavy atom. The van der Waals surface area contributed by atoms with E-state index in [1.54, 1.807) is 0 Å². The number of rotatable bonds is 0. The van der Waals surface area contributed by atoms with E-state index in [1.807, 2.05) is 18.2 Å². The summed E-state index contributed by atoms with van der Waals surface area (Å²) < 4.78 is 5.05. The van der Waals surface area contributed by atoms with Gasteiger partial charge in [-0.15, -0.1) is 0 Å². The molecule has 0 N–H and O–H groups in total. The average Bonchev–Trinajstić information content (AvgIpc) is 2.36. The van der Waals surface area contributed by atoms with Crippen molar-refractivity contribution >= 4 is 0 Å². The molecule has 0 aromatic heterocycles. The van der Waals surface area contributed by atoms with Gasteiger partial charge in [-0.3, -0.25) is 0 Å². The Labute approximate surface area is 48.0 Å². The molecule has 1 aliphatic carbocycles. The maximum atomic E-state index is 5.05. The second-order valence-corrected chi connectivity index (χ2v) is 1.88. The van der Waals surface area contributed by atoms with Gasteiger partial charge in [0, 0.05) is 6.42 Å². The first-order valence-corrected chi connectivity index (χ1v) is 2.71. The quantitative estimate of drug-likeness (QED) is 0.458. The Balaban J connectivity index is 2.30. The molecular formula is C7H6O. The Kier molecular flexibility index (Phi) is 0.618. The summed E-state index contributed by atoms with van der Waals surface area (Å²) in [5, 5.41) is 0. The van der Waals surface area contributed by atoms with Gasteiger partial charge in [0.15, 0.2) is 11.5 Å². The van der Waals surface area contributed by atoms with Crippen molar-refractivity contribution in [2.45, 2.75) is 6.42 Å². The molecule has 0 fully saturated rings. The summed E-state index contributed by atoms with van der Waals surface area (Å²) >= 11 is 0. The molecular weight excluding hydrogens is 100 g/mol. The Morgan fingerprint density at radius 2 is 2.38 bits per heavy atom. The fourth-order valence-corrected chi connectivity index (χ4v) is 0.773. The lowest BCUT2D eigenvalue weighted by Gasteiger charge is -1.77. The molecule has 0 unspecified atom stereocenters. The van der Waals surface area contributed by atoms with E-state index in [-0.39, 0.29) is 0 Å². The summed E-state index contributed by atoms with van der Waals surface area (Å²) in [7, 11) is 0. The molecule has 0 radical (unpaired) electrons. The second-order valence-electron chi connectivity index (χ2n) is 1.88. The molecule has 2 aliphatic rings. The van der Waals surface area contributed by atoms with E-state index in [2.05, 4.69) is 6.08 Å². The highest BCUT2D eigenvalue weighted by Gasteiger charge is 2.20. The largest absolute Gasteiger partial charge is 0.454 e. The fourth-order valence-electron chi connectivity index (χ4n) is 0.773. The summed E-state index contributed by atoms with van der Waals surface area (Å²) in [5.41, 5.74) is 0. The molecule has 0 spiro atoms. The molecule has 0 saturated heterocycles. The minimum absolute atomic E-state index is 0.975. The minimum atomic E-state index is 0.975. The van der Waals surface area contributed by atoms with Crippen LogP contribution in [-0.4, -0.2) is 0 Å². The lowest BCUT2D eigenvalue weighted by atomic mass is 10.4. The van der Waals surface area contributed by atoms with Crippen LogP contribution in [0.15, 0.2) is 35.8 Å². The maximum Gasteiger partial charge on any atom is 0.165 e. The first-order valence-electron chi connectivity index (χ1n) is 2.71. The van der Waals surface area contributed by atoms with Crippen LogP contribution >= 0.6 is 0 Å². The Hall–Kier alpha value is -0.980. The van der Waals surface area contributed by atoms with Gasteiger partial charge < -0.3 is 4.74 Å². The first-order chi connectivity index (χ1) is 3.97. The molecule has 1 aliphatic heterocycles. The van der Waals surface area contributed by atoms with E-state index in [9.17, 15) is 0 Å². The van der Waals surface area contributed by atoms with Crippen LogP contribution in [0.1, 0.15) is 6.42 Å². The van der Waals surface area contributed by atoms with Crippen molar-refractivity contribution < 1.29 is 4.74 Å². The number of allylic oxidation sites excluding steroid dienone is 4. The summed E-state index contributed by atoms with van der Waals surface area (Å²) in [6.07, 6.45) is 9.08. The van der Waals surface area contributed by atoms with Crippen LogP contribution in [0.25, 0.3) is 0 Å². The standard InChI is InChI=1S/C7H6O/c1-2-4-6-7(8-6)5-3-1/h1-4H,5H2. The highest BCUT2D eigenvalue weighted by molar-refractivity contribution is 5.34. The van der Waals surface area contributed by atoms with Crippen molar-refractivity contribution in [2.75, 3.05) is 0 Å². The van der Waals surface area contributed by atoms with Crippen LogP contribution in [-0.2, 0) is 4.74 Å². The van der Waals surface area contributed by atoms with E-state index in [0.717, 1.165) is 17.9 Å². The average molecular weight is 106 g/mol. The van der Waals surface area contributed by atoms with Crippen molar-refractivity contribution in [1.29, 1.82) is 0 Å². The summed E-state index contributed by atoms with van der Waals surface area (Å²) in [6, 6.07) is 0. The molecule has 0 aromatic carbocycles. The lowest BCUT2D eigenvalue weighted by Crippen LogP contribution is -1.59. The summed E-state index contributed by atoms with van der Waals surface area (Å²) in [6.45, 7) is 0. The molecule has 2 rings (SSSR count). The topological polar surface area (TPSA) is 12.5 Å². The van der Waals surface area contributed by atoms with E-state index in [1.165, 1.54) is 0 Å². The van der Waals surface area contributed by atoms with Crippen molar-refractivity contribution in [2.24, 2.45) is 0 Å². The molecule has 0 saturated carbocycles. The van der Waals surface area contributed by atoms with Gasteiger partial charge in [-0.25, -0.2) is 0 Å².